The van der Waals surface area contributed by atoms with Gasteiger partial charge in [0.15, 0.2) is 0 Å². The number of carboxylic acid groups (broad SMARTS) is 1. The summed E-state index contributed by atoms with van der Waals surface area (Å²) in [6.45, 7) is 0.408. The van der Waals surface area contributed by atoms with Crippen molar-refractivity contribution in [1.29, 1.82) is 0 Å². The second-order valence-electron chi connectivity index (χ2n) is 5.44. The molecule has 0 bridgehead atoms. The fourth-order valence-corrected chi connectivity index (χ4v) is 3.81. The highest BCUT2D eigenvalue weighted by molar-refractivity contribution is 7.14. The number of carbonyl (C=O) groups is 2. The van der Waals surface area contributed by atoms with Crippen molar-refractivity contribution in [1.82, 2.24) is 4.90 Å². The van der Waals surface area contributed by atoms with E-state index in [0.29, 0.717) is 17.3 Å². The van der Waals surface area contributed by atoms with Gasteiger partial charge in [-0.3, -0.25) is 9.59 Å². The molecule has 0 aliphatic heterocycles. The Bertz CT molecular complexity index is 497. The Balaban J connectivity index is 1.75. The van der Waals surface area contributed by atoms with E-state index in [1.807, 2.05) is 6.07 Å². The molecule has 102 valence electrons. The van der Waals surface area contributed by atoms with Gasteiger partial charge in [0.25, 0.3) is 5.91 Å². The number of hydrogen-bond donors (Lipinski definition) is 1. The maximum absolute atomic E-state index is 12.4. The lowest BCUT2D eigenvalue weighted by Gasteiger charge is -2.19. The van der Waals surface area contributed by atoms with E-state index in [4.69, 9.17) is 5.11 Å². The fraction of sp³-hybridized carbons (Fsp3) is 0.571. The molecule has 19 heavy (non-hydrogen) atoms. The Kier molecular flexibility index (Phi) is 3.31. The standard InChI is InChI=1S/C14H17NO3S/c16-13(17)8-15(7-9-4-5-9)14(18)12-6-10-2-1-3-11(10)19-12/h6,9H,1-5,7-8H2,(H,16,17). The number of amides is 1. The van der Waals surface area contributed by atoms with Crippen molar-refractivity contribution in [2.45, 2.75) is 32.1 Å². The van der Waals surface area contributed by atoms with Crippen molar-refractivity contribution in [3.8, 4) is 0 Å². The maximum atomic E-state index is 12.4. The fourth-order valence-electron chi connectivity index (χ4n) is 2.58. The number of aryl methyl sites for hydroxylation is 2. The molecule has 1 fully saturated rings. The predicted octanol–water partition coefficient (Wildman–Crippen LogP) is 2.17. The molecule has 4 nitrogen and oxygen atoms in total. The predicted molar refractivity (Wildman–Crippen MR) is 72.6 cm³/mol. The minimum absolute atomic E-state index is 0.103. The number of hydrogen-bond acceptors (Lipinski definition) is 3. The maximum Gasteiger partial charge on any atom is 0.323 e. The first kappa shape index (κ1) is 12.7. The second-order valence-corrected chi connectivity index (χ2v) is 6.57. The molecule has 2 aliphatic carbocycles. The van der Waals surface area contributed by atoms with Gasteiger partial charge in [-0.25, -0.2) is 0 Å². The summed E-state index contributed by atoms with van der Waals surface area (Å²) in [7, 11) is 0. The van der Waals surface area contributed by atoms with Gasteiger partial charge in [-0.2, -0.15) is 0 Å². The molecule has 2 aliphatic rings. The molecule has 5 heteroatoms. The zero-order chi connectivity index (χ0) is 13.4. The van der Waals surface area contributed by atoms with Crippen LogP contribution in [0, 0.1) is 5.92 Å². The molecule has 1 N–H and O–H groups in total. The molecule has 0 radical (unpaired) electrons. The highest BCUT2D eigenvalue weighted by Gasteiger charge is 2.29. The molecule has 1 aromatic rings. The van der Waals surface area contributed by atoms with E-state index < -0.39 is 5.97 Å². The van der Waals surface area contributed by atoms with E-state index in [9.17, 15) is 9.59 Å². The summed E-state index contributed by atoms with van der Waals surface area (Å²) in [5.41, 5.74) is 1.29. The third-order valence-electron chi connectivity index (χ3n) is 3.75. The molecule has 1 aromatic heterocycles. The average Bonchev–Trinajstić information content (AvgIpc) is 2.90. The van der Waals surface area contributed by atoms with Crippen molar-refractivity contribution in [3.05, 3.63) is 21.4 Å². The smallest absolute Gasteiger partial charge is 0.323 e. The number of rotatable bonds is 5. The van der Waals surface area contributed by atoms with Crippen molar-refractivity contribution in [2.24, 2.45) is 5.92 Å². The van der Waals surface area contributed by atoms with Gasteiger partial charge in [-0.15, -0.1) is 11.3 Å². The SMILES string of the molecule is O=C(O)CN(CC1CC1)C(=O)c1cc2c(s1)CCC2. The van der Waals surface area contributed by atoms with E-state index in [2.05, 4.69) is 0 Å². The largest absolute Gasteiger partial charge is 0.480 e. The molecule has 0 aromatic carbocycles. The third kappa shape index (κ3) is 2.81. The molecular formula is C14H17NO3S. The Morgan fingerprint density at radius 1 is 1.37 bits per heavy atom. The van der Waals surface area contributed by atoms with Crippen LogP contribution in [0.3, 0.4) is 0 Å². The highest BCUT2D eigenvalue weighted by atomic mass is 32.1. The molecule has 3 rings (SSSR count). The van der Waals surface area contributed by atoms with Crippen LogP contribution in [0.5, 0.6) is 0 Å². The molecule has 0 unspecified atom stereocenters. The van der Waals surface area contributed by atoms with Crippen LogP contribution in [0.2, 0.25) is 0 Å². The Morgan fingerprint density at radius 3 is 2.79 bits per heavy atom. The number of aliphatic carboxylic acids is 1. The normalized spacial score (nSPS) is 17.3. The lowest BCUT2D eigenvalue weighted by molar-refractivity contribution is -0.137. The van der Waals surface area contributed by atoms with E-state index >= 15 is 0 Å². The van der Waals surface area contributed by atoms with E-state index in [1.54, 1.807) is 11.3 Å². The molecule has 0 spiro atoms. The monoisotopic (exact) mass is 279 g/mol. The number of fused-ring (bicyclic) bond motifs is 1. The number of carboxylic acids is 1. The molecule has 0 saturated heterocycles. The first-order valence-electron chi connectivity index (χ1n) is 6.76. The van der Waals surface area contributed by atoms with Gasteiger partial charge in [-0.1, -0.05) is 0 Å². The van der Waals surface area contributed by atoms with Crippen LogP contribution in [-0.4, -0.2) is 35.0 Å². The molecular weight excluding hydrogens is 262 g/mol. The van der Waals surface area contributed by atoms with Gasteiger partial charge >= 0.3 is 5.97 Å². The zero-order valence-electron chi connectivity index (χ0n) is 10.7. The topological polar surface area (TPSA) is 57.6 Å². The Hall–Kier alpha value is -1.36. The Labute approximate surface area is 116 Å². The van der Waals surface area contributed by atoms with Crippen molar-refractivity contribution < 1.29 is 14.7 Å². The third-order valence-corrected chi connectivity index (χ3v) is 4.97. The van der Waals surface area contributed by atoms with Gasteiger partial charge < -0.3 is 10.0 Å². The average molecular weight is 279 g/mol. The summed E-state index contributed by atoms with van der Waals surface area (Å²) in [5.74, 6) is -0.526. The van der Waals surface area contributed by atoms with Crippen molar-refractivity contribution in [3.63, 3.8) is 0 Å². The highest BCUT2D eigenvalue weighted by Crippen LogP contribution is 2.33. The van der Waals surface area contributed by atoms with E-state index in [-0.39, 0.29) is 12.5 Å². The lowest BCUT2D eigenvalue weighted by atomic mass is 10.2. The van der Waals surface area contributed by atoms with Crippen molar-refractivity contribution in [2.75, 3.05) is 13.1 Å². The van der Waals surface area contributed by atoms with Crippen LogP contribution in [0.15, 0.2) is 6.07 Å². The summed E-state index contributed by atoms with van der Waals surface area (Å²) in [5, 5.41) is 8.94. The summed E-state index contributed by atoms with van der Waals surface area (Å²) in [6.07, 6.45) is 5.53. The van der Waals surface area contributed by atoms with Crippen LogP contribution < -0.4 is 0 Å². The number of thiophene rings is 1. The zero-order valence-corrected chi connectivity index (χ0v) is 11.5. The molecule has 1 saturated carbocycles. The summed E-state index contributed by atoms with van der Waals surface area (Å²) in [4.78, 5) is 26.8. The first-order chi connectivity index (χ1) is 9.13. The lowest BCUT2D eigenvalue weighted by Crippen LogP contribution is -2.36. The quantitative estimate of drug-likeness (QED) is 0.898. The van der Waals surface area contributed by atoms with Gasteiger partial charge in [0.2, 0.25) is 0 Å². The van der Waals surface area contributed by atoms with E-state index in [1.165, 1.54) is 21.8 Å². The first-order valence-corrected chi connectivity index (χ1v) is 7.58. The molecule has 1 amide bonds. The van der Waals surface area contributed by atoms with Crippen molar-refractivity contribution >= 4 is 23.2 Å². The van der Waals surface area contributed by atoms with Gasteiger partial charge in [0.1, 0.15) is 6.54 Å². The second kappa shape index (κ2) is 4.96. The van der Waals surface area contributed by atoms with E-state index in [0.717, 1.165) is 25.7 Å². The summed E-state index contributed by atoms with van der Waals surface area (Å²) >= 11 is 1.55. The van der Waals surface area contributed by atoms with Gasteiger partial charge in [-0.05, 0) is 49.7 Å². The van der Waals surface area contributed by atoms with Gasteiger partial charge in [0.05, 0.1) is 4.88 Å². The minimum Gasteiger partial charge on any atom is -0.480 e. The molecule has 1 heterocycles. The van der Waals surface area contributed by atoms with Crippen LogP contribution in [-0.2, 0) is 17.6 Å². The minimum atomic E-state index is -0.932. The van der Waals surface area contributed by atoms with Crippen LogP contribution >= 0.6 is 11.3 Å². The van der Waals surface area contributed by atoms with Crippen LogP contribution in [0.4, 0.5) is 0 Å². The van der Waals surface area contributed by atoms with Gasteiger partial charge in [0, 0.05) is 11.4 Å². The molecule has 0 atom stereocenters. The number of carbonyl (C=O) groups excluding carboxylic acids is 1. The van der Waals surface area contributed by atoms with Crippen LogP contribution in [0.1, 0.15) is 39.4 Å². The number of nitrogens with zero attached hydrogens (tertiary/aromatic N) is 1. The van der Waals surface area contributed by atoms with Crippen LogP contribution in [0.25, 0.3) is 0 Å². The Morgan fingerprint density at radius 2 is 2.16 bits per heavy atom. The summed E-state index contributed by atoms with van der Waals surface area (Å²) < 4.78 is 0. The summed E-state index contributed by atoms with van der Waals surface area (Å²) in [6, 6.07) is 1.97.